The van der Waals surface area contributed by atoms with E-state index >= 15 is 0 Å². The Morgan fingerprint density at radius 1 is 1.19 bits per heavy atom. The molecule has 0 radical (unpaired) electrons. The highest BCUT2D eigenvalue weighted by molar-refractivity contribution is 9.10. The number of hydrogen-bond acceptors (Lipinski definition) is 3. The summed E-state index contributed by atoms with van der Waals surface area (Å²) in [5.41, 5.74) is 2.13. The number of nitrogens with one attached hydrogen (secondary N) is 1. The van der Waals surface area contributed by atoms with Gasteiger partial charge in [0.25, 0.3) is 5.69 Å². The van der Waals surface area contributed by atoms with E-state index in [1.165, 1.54) is 5.39 Å². The second kappa shape index (κ2) is 5.91. The van der Waals surface area contributed by atoms with Crippen molar-refractivity contribution in [3.63, 3.8) is 0 Å². The summed E-state index contributed by atoms with van der Waals surface area (Å²) in [6, 6.07) is 15.4. The summed E-state index contributed by atoms with van der Waals surface area (Å²) in [6.07, 6.45) is 0. The van der Waals surface area contributed by atoms with Crippen molar-refractivity contribution in [3.05, 3.63) is 68.7 Å². The fourth-order valence-electron chi connectivity index (χ4n) is 2.07. The van der Waals surface area contributed by atoms with Gasteiger partial charge in [-0.1, -0.05) is 24.3 Å². The molecule has 2 aromatic carbocycles. The highest BCUT2D eigenvalue weighted by atomic mass is 79.9. The fourth-order valence-corrected chi connectivity index (χ4v) is 3.36. The average molecular weight is 363 g/mol. The molecule has 0 bridgehead atoms. The Morgan fingerprint density at radius 3 is 2.76 bits per heavy atom. The van der Waals surface area contributed by atoms with Crippen LogP contribution in [0.4, 0.5) is 5.69 Å². The van der Waals surface area contributed by atoms with Gasteiger partial charge in [-0.3, -0.25) is 10.1 Å². The number of para-hydroxylation sites is 1. The smallest absolute Gasteiger partial charge is 0.283 e. The number of halogens is 1. The van der Waals surface area contributed by atoms with Gasteiger partial charge in [0.1, 0.15) is 0 Å². The predicted molar refractivity (Wildman–Crippen MR) is 88.7 cm³/mol. The van der Waals surface area contributed by atoms with Crippen LogP contribution in [0.25, 0.3) is 10.9 Å². The van der Waals surface area contributed by atoms with E-state index < -0.39 is 0 Å². The highest BCUT2D eigenvalue weighted by Crippen LogP contribution is 2.30. The van der Waals surface area contributed by atoms with E-state index in [0.29, 0.717) is 10.2 Å². The van der Waals surface area contributed by atoms with Crippen LogP contribution in [0.1, 0.15) is 5.56 Å². The number of thioether (sulfide) groups is 1. The van der Waals surface area contributed by atoms with Crippen molar-refractivity contribution in [1.29, 1.82) is 0 Å². The molecular formula is C15H11BrN2O2S. The summed E-state index contributed by atoms with van der Waals surface area (Å²) in [4.78, 5) is 13.9. The van der Waals surface area contributed by atoms with E-state index in [2.05, 4.69) is 33.0 Å². The van der Waals surface area contributed by atoms with Crippen molar-refractivity contribution in [2.75, 3.05) is 0 Å². The highest BCUT2D eigenvalue weighted by Gasteiger charge is 2.12. The van der Waals surface area contributed by atoms with E-state index in [9.17, 15) is 10.1 Å². The Bertz CT molecular complexity index is 783. The lowest BCUT2D eigenvalue weighted by atomic mass is 10.2. The van der Waals surface area contributed by atoms with Gasteiger partial charge in [0.2, 0.25) is 0 Å². The third-order valence-corrected chi connectivity index (χ3v) is 4.79. The molecule has 0 spiro atoms. The Hall–Kier alpha value is -1.79. The number of fused-ring (bicyclic) bond motifs is 1. The molecule has 4 nitrogen and oxygen atoms in total. The van der Waals surface area contributed by atoms with Gasteiger partial charge in [-0.15, -0.1) is 11.8 Å². The Labute approximate surface area is 133 Å². The van der Waals surface area contributed by atoms with E-state index in [1.807, 2.05) is 24.3 Å². The zero-order valence-electron chi connectivity index (χ0n) is 10.9. The van der Waals surface area contributed by atoms with Crippen molar-refractivity contribution >= 4 is 44.3 Å². The lowest BCUT2D eigenvalue weighted by Gasteiger charge is -2.01. The number of nitro groups is 1. The predicted octanol–water partition coefficient (Wildman–Crippen LogP) is 5.13. The first-order chi connectivity index (χ1) is 10.1. The van der Waals surface area contributed by atoms with Crippen LogP contribution >= 0.6 is 27.7 Å². The minimum absolute atomic E-state index is 0.102. The molecule has 0 aliphatic heterocycles. The maximum Gasteiger partial charge on any atom is 0.283 e. The monoisotopic (exact) mass is 362 g/mol. The van der Waals surface area contributed by atoms with Crippen LogP contribution in [0.2, 0.25) is 0 Å². The number of nitrogens with zero attached hydrogens (tertiary/aromatic N) is 1. The van der Waals surface area contributed by atoms with Crippen molar-refractivity contribution in [2.45, 2.75) is 10.8 Å². The average Bonchev–Trinajstić information content (AvgIpc) is 2.89. The molecule has 0 atom stereocenters. The molecule has 0 saturated heterocycles. The molecule has 1 aromatic heterocycles. The van der Waals surface area contributed by atoms with Crippen LogP contribution in [-0.2, 0) is 5.75 Å². The molecule has 6 heteroatoms. The SMILES string of the molecule is O=[N+]([O-])c1cc(CSc2cc3ccccc3[nH]2)ccc1Br. The molecule has 0 aliphatic rings. The topological polar surface area (TPSA) is 58.9 Å². The second-order valence-electron chi connectivity index (χ2n) is 4.55. The molecule has 0 aliphatic carbocycles. The second-order valence-corrected chi connectivity index (χ2v) is 6.42. The number of rotatable bonds is 4. The number of aromatic nitrogens is 1. The molecule has 3 aromatic rings. The maximum absolute atomic E-state index is 10.9. The number of benzene rings is 2. The Kier molecular flexibility index (Phi) is 3.98. The molecule has 1 N–H and O–H groups in total. The first-order valence-corrected chi connectivity index (χ1v) is 8.05. The van der Waals surface area contributed by atoms with Gasteiger partial charge in [-0.05, 0) is 39.7 Å². The van der Waals surface area contributed by atoms with Crippen LogP contribution in [0.15, 0.2) is 58.0 Å². The Morgan fingerprint density at radius 2 is 2.00 bits per heavy atom. The lowest BCUT2D eigenvalue weighted by Crippen LogP contribution is -1.91. The van der Waals surface area contributed by atoms with E-state index in [1.54, 1.807) is 23.9 Å². The van der Waals surface area contributed by atoms with Crippen molar-refractivity contribution in [1.82, 2.24) is 4.98 Å². The minimum atomic E-state index is -0.374. The summed E-state index contributed by atoms with van der Waals surface area (Å²) in [7, 11) is 0. The van der Waals surface area contributed by atoms with Crippen LogP contribution in [0.5, 0.6) is 0 Å². The third-order valence-electron chi connectivity index (χ3n) is 3.11. The number of hydrogen-bond donors (Lipinski definition) is 1. The van der Waals surface area contributed by atoms with Crippen LogP contribution < -0.4 is 0 Å². The molecular weight excluding hydrogens is 352 g/mol. The summed E-state index contributed by atoms with van der Waals surface area (Å²) >= 11 is 4.83. The minimum Gasteiger partial charge on any atom is -0.350 e. The van der Waals surface area contributed by atoms with Crippen molar-refractivity contribution in [2.24, 2.45) is 0 Å². The van der Waals surface area contributed by atoms with Gasteiger partial charge in [0.05, 0.1) is 14.4 Å². The summed E-state index contributed by atoms with van der Waals surface area (Å²) in [5.74, 6) is 0.681. The normalized spacial score (nSPS) is 10.9. The molecule has 0 saturated carbocycles. The third kappa shape index (κ3) is 3.11. The van der Waals surface area contributed by atoms with E-state index in [4.69, 9.17) is 0 Å². The van der Waals surface area contributed by atoms with Gasteiger partial charge >= 0.3 is 0 Å². The lowest BCUT2D eigenvalue weighted by molar-refractivity contribution is -0.385. The van der Waals surface area contributed by atoms with Gasteiger partial charge in [-0.2, -0.15) is 0 Å². The van der Waals surface area contributed by atoms with Crippen LogP contribution in [0.3, 0.4) is 0 Å². The quantitative estimate of drug-likeness (QED) is 0.397. The molecule has 1 heterocycles. The summed E-state index contributed by atoms with van der Waals surface area (Å²) in [5, 5.41) is 13.2. The maximum atomic E-state index is 10.9. The zero-order chi connectivity index (χ0) is 14.8. The molecule has 0 fully saturated rings. The van der Waals surface area contributed by atoms with Gasteiger partial charge in [0, 0.05) is 22.7 Å². The first-order valence-electron chi connectivity index (χ1n) is 6.27. The van der Waals surface area contributed by atoms with E-state index in [0.717, 1.165) is 16.1 Å². The Balaban J connectivity index is 1.78. The van der Waals surface area contributed by atoms with Crippen molar-refractivity contribution < 1.29 is 4.92 Å². The summed E-state index contributed by atoms with van der Waals surface area (Å²) < 4.78 is 0.506. The first kappa shape index (κ1) is 14.2. The molecule has 21 heavy (non-hydrogen) atoms. The fraction of sp³-hybridized carbons (Fsp3) is 0.0667. The van der Waals surface area contributed by atoms with Crippen LogP contribution in [-0.4, -0.2) is 9.91 Å². The molecule has 0 amide bonds. The number of aromatic amines is 1. The zero-order valence-corrected chi connectivity index (χ0v) is 13.3. The van der Waals surface area contributed by atoms with E-state index in [-0.39, 0.29) is 10.6 Å². The summed E-state index contributed by atoms with van der Waals surface area (Å²) in [6.45, 7) is 0. The van der Waals surface area contributed by atoms with Crippen LogP contribution in [0, 0.1) is 10.1 Å². The van der Waals surface area contributed by atoms with Gasteiger partial charge in [0.15, 0.2) is 0 Å². The largest absolute Gasteiger partial charge is 0.350 e. The number of nitro benzene ring substituents is 1. The van der Waals surface area contributed by atoms with Crippen molar-refractivity contribution in [3.8, 4) is 0 Å². The standard InChI is InChI=1S/C15H11BrN2O2S/c16-12-6-5-10(7-14(12)18(19)20)9-21-15-8-11-3-1-2-4-13(11)17-15/h1-8,17H,9H2. The van der Waals surface area contributed by atoms with Gasteiger partial charge < -0.3 is 4.98 Å². The molecule has 106 valence electrons. The van der Waals surface area contributed by atoms with Gasteiger partial charge in [-0.25, -0.2) is 0 Å². The molecule has 0 unspecified atom stereocenters. The molecule has 3 rings (SSSR count). The number of H-pyrrole nitrogens is 1.